The molecule has 1 saturated carbocycles. The van der Waals surface area contributed by atoms with Crippen molar-refractivity contribution in [3.63, 3.8) is 0 Å². The van der Waals surface area contributed by atoms with E-state index < -0.39 is 0 Å². The van der Waals surface area contributed by atoms with Gasteiger partial charge in [-0.3, -0.25) is 9.69 Å². The van der Waals surface area contributed by atoms with Crippen molar-refractivity contribution in [3.05, 3.63) is 29.3 Å². The van der Waals surface area contributed by atoms with Gasteiger partial charge in [-0.25, -0.2) is 0 Å². The molecule has 2 fully saturated rings. The molecule has 1 heterocycles. The lowest BCUT2D eigenvalue weighted by molar-refractivity contribution is -0.117. The van der Waals surface area contributed by atoms with Crippen molar-refractivity contribution in [1.29, 1.82) is 5.26 Å². The number of nitriles is 1. The topological polar surface area (TPSA) is 83.8 Å². The molecule has 162 valence electrons. The van der Waals surface area contributed by atoms with Crippen molar-refractivity contribution in [2.75, 3.05) is 46.6 Å². The highest BCUT2D eigenvalue weighted by molar-refractivity contribution is 6.01. The third kappa shape index (κ3) is 6.48. The van der Waals surface area contributed by atoms with Crippen LogP contribution in [-0.2, 0) is 9.53 Å². The Hall–Kier alpha value is -2.56. The van der Waals surface area contributed by atoms with Crippen LogP contribution in [0.4, 0.5) is 0 Å². The number of morpholine rings is 1. The van der Waals surface area contributed by atoms with Crippen molar-refractivity contribution >= 4 is 12.0 Å². The molecule has 0 bridgehead atoms. The van der Waals surface area contributed by atoms with Crippen LogP contribution in [0.1, 0.15) is 37.7 Å². The van der Waals surface area contributed by atoms with Crippen LogP contribution in [0, 0.1) is 11.3 Å². The smallest absolute Gasteiger partial charge is 0.262 e. The first kappa shape index (κ1) is 22.1. The highest BCUT2D eigenvalue weighted by Crippen LogP contribution is 2.29. The Kier molecular flexibility index (Phi) is 8.54. The van der Waals surface area contributed by atoms with Crippen LogP contribution < -0.4 is 14.8 Å². The van der Waals surface area contributed by atoms with Gasteiger partial charge in [0, 0.05) is 25.7 Å². The Labute approximate surface area is 178 Å². The first-order valence-corrected chi connectivity index (χ1v) is 10.7. The molecule has 0 aromatic heterocycles. The molecule has 3 rings (SSSR count). The van der Waals surface area contributed by atoms with E-state index in [2.05, 4.69) is 10.2 Å². The molecule has 1 amide bonds. The summed E-state index contributed by atoms with van der Waals surface area (Å²) >= 11 is 0. The number of hydrogen-bond donors (Lipinski definition) is 1. The molecule has 1 N–H and O–H groups in total. The zero-order valence-electron chi connectivity index (χ0n) is 17.7. The maximum absolute atomic E-state index is 12.5. The zero-order chi connectivity index (χ0) is 21.2. The quantitative estimate of drug-likeness (QED) is 0.521. The monoisotopic (exact) mass is 413 g/mol. The van der Waals surface area contributed by atoms with Gasteiger partial charge in [-0.15, -0.1) is 0 Å². The molecule has 30 heavy (non-hydrogen) atoms. The van der Waals surface area contributed by atoms with E-state index in [0.717, 1.165) is 64.1 Å². The fraction of sp³-hybridized carbons (Fsp3) is 0.565. The second kappa shape index (κ2) is 11.6. The van der Waals surface area contributed by atoms with E-state index in [9.17, 15) is 10.1 Å². The van der Waals surface area contributed by atoms with Crippen LogP contribution in [-0.4, -0.2) is 63.4 Å². The van der Waals surface area contributed by atoms with Crippen molar-refractivity contribution in [2.45, 2.75) is 38.1 Å². The fourth-order valence-corrected chi connectivity index (χ4v) is 3.83. The molecule has 2 aliphatic rings. The Morgan fingerprint density at radius 2 is 2.03 bits per heavy atom. The molecule has 1 saturated heterocycles. The van der Waals surface area contributed by atoms with Gasteiger partial charge < -0.3 is 19.5 Å². The summed E-state index contributed by atoms with van der Waals surface area (Å²) in [4.78, 5) is 14.8. The van der Waals surface area contributed by atoms with Gasteiger partial charge in [0.05, 0.1) is 20.3 Å². The van der Waals surface area contributed by atoms with Crippen LogP contribution in [0.25, 0.3) is 6.08 Å². The molecule has 7 heteroatoms. The van der Waals surface area contributed by atoms with Gasteiger partial charge >= 0.3 is 0 Å². The van der Waals surface area contributed by atoms with Gasteiger partial charge in [-0.1, -0.05) is 25.3 Å². The second-order valence-corrected chi connectivity index (χ2v) is 7.69. The van der Waals surface area contributed by atoms with Gasteiger partial charge in [0.25, 0.3) is 5.91 Å². The molecule has 0 spiro atoms. The van der Waals surface area contributed by atoms with E-state index in [0.29, 0.717) is 18.1 Å². The number of amides is 1. The fourth-order valence-electron chi connectivity index (χ4n) is 3.83. The number of carbonyl (C=O) groups is 1. The van der Waals surface area contributed by atoms with Gasteiger partial charge in [-0.2, -0.15) is 5.26 Å². The number of hydrogen-bond acceptors (Lipinski definition) is 6. The highest BCUT2D eigenvalue weighted by atomic mass is 16.5. The largest absolute Gasteiger partial charge is 0.493 e. The standard InChI is InChI=1S/C23H31N3O4/c1-28-22-16-18(7-8-21(22)30-14-11-26-9-12-29-13-10-26)15-19(17-24)23(27)25-20-5-3-2-4-6-20/h7-8,15-16,20H,2-6,9-14H2,1H3,(H,25,27). The van der Waals surface area contributed by atoms with Gasteiger partial charge in [0.2, 0.25) is 0 Å². The predicted molar refractivity (Wildman–Crippen MR) is 114 cm³/mol. The van der Waals surface area contributed by atoms with Crippen LogP contribution >= 0.6 is 0 Å². The van der Waals surface area contributed by atoms with Crippen molar-refractivity contribution in [2.24, 2.45) is 0 Å². The molecule has 0 atom stereocenters. The van der Waals surface area contributed by atoms with Crippen LogP contribution in [0.15, 0.2) is 23.8 Å². The number of nitrogens with one attached hydrogen (secondary N) is 1. The minimum absolute atomic E-state index is 0.101. The number of methoxy groups -OCH3 is 1. The molecule has 1 aromatic carbocycles. The number of benzene rings is 1. The van der Waals surface area contributed by atoms with Crippen LogP contribution in [0.2, 0.25) is 0 Å². The summed E-state index contributed by atoms with van der Waals surface area (Å²) in [5, 5.41) is 12.4. The summed E-state index contributed by atoms with van der Waals surface area (Å²) < 4.78 is 16.7. The lowest BCUT2D eigenvalue weighted by Gasteiger charge is -2.26. The summed E-state index contributed by atoms with van der Waals surface area (Å²) in [6.45, 7) is 4.75. The lowest BCUT2D eigenvalue weighted by Crippen LogP contribution is -2.38. The predicted octanol–water partition coefficient (Wildman–Crippen LogP) is 2.76. The molecule has 1 aliphatic carbocycles. The highest BCUT2D eigenvalue weighted by Gasteiger charge is 2.18. The van der Waals surface area contributed by atoms with Gasteiger partial charge in [0.15, 0.2) is 11.5 Å². The minimum Gasteiger partial charge on any atom is -0.493 e. The Balaban J connectivity index is 1.60. The molecule has 1 aromatic rings. The van der Waals surface area contributed by atoms with Crippen molar-refractivity contribution < 1.29 is 19.0 Å². The lowest BCUT2D eigenvalue weighted by atomic mass is 9.95. The third-order valence-electron chi connectivity index (χ3n) is 5.57. The number of ether oxygens (including phenoxy) is 3. The third-order valence-corrected chi connectivity index (χ3v) is 5.57. The normalized spacial score (nSPS) is 18.5. The van der Waals surface area contributed by atoms with E-state index >= 15 is 0 Å². The van der Waals surface area contributed by atoms with E-state index in [-0.39, 0.29) is 17.5 Å². The van der Waals surface area contributed by atoms with Gasteiger partial charge in [-0.05, 0) is 36.6 Å². The SMILES string of the molecule is COc1cc(C=C(C#N)C(=O)NC2CCCCC2)ccc1OCCN1CCOCC1. The Morgan fingerprint density at radius 3 is 2.73 bits per heavy atom. The number of rotatable bonds is 8. The maximum Gasteiger partial charge on any atom is 0.262 e. The average molecular weight is 414 g/mol. The average Bonchev–Trinajstić information content (AvgIpc) is 2.79. The number of carbonyl (C=O) groups excluding carboxylic acids is 1. The summed E-state index contributed by atoms with van der Waals surface area (Å²) in [5.74, 6) is 0.915. The molecule has 0 radical (unpaired) electrons. The molecule has 1 aliphatic heterocycles. The second-order valence-electron chi connectivity index (χ2n) is 7.69. The molecule has 7 nitrogen and oxygen atoms in total. The van der Waals surface area contributed by atoms with Crippen LogP contribution in [0.3, 0.4) is 0 Å². The van der Waals surface area contributed by atoms with Crippen LogP contribution in [0.5, 0.6) is 11.5 Å². The first-order chi connectivity index (χ1) is 14.7. The molecule has 0 unspecified atom stereocenters. The van der Waals surface area contributed by atoms with E-state index in [4.69, 9.17) is 14.2 Å². The van der Waals surface area contributed by atoms with Crippen molar-refractivity contribution in [3.8, 4) is 17.6 Å². The Bertz CT molecular complexity index is 775. The molecular weight excluding hydrogens is 382 g/mol. The van der Waals surface area contributed by atoms with Crippen molar-refractivity contribution in [1.82, 2.24) is 10.2 Å². The summed E-state index contributed by atoms with van der Waals surface area (Å²) in [6.07, 6.45) is 7.02. The van der Waals surface area contributed by atoms with E-state index in [1.807, 2.05) is 18.2 Å². The van der Waals surface area contributed by atoms with Gasteiger partial charge in [0.1, 0.15) is 18.2 Å². The Morgan fingerprint density at radius 1 is 1.27 bits per heavy atom. The minimum atomic E-state index is -0.311. The first-order valence-electron chi connectivity index (χ1n) is 10.7. The maximum atomic E-state index is 12.5. The van der Waals surface area contributed by atoms with E-state index in [1.165, 1.54) is 6.42 Å². The van der Waals surface area contributed by atoms with E-state index in [1.54, 1.807) is 19.3 Å². The summed E-state index contributed by atoms with van der Waals surface area (Å²) in [5.41, 5.74) is 0.825. The number of nitrogens with zero attached hydrogens (tertiary/aromatic N) is 2. The molecular formula is C23H31N3O4. The summed E-state index contributed by atoms with van der Waals surface area (Å²) in [7, 11) is 1.58. The summed E-state index contributed by atoms with van der Waals surface area (Å²) in [6, 6.07) is 7.63. The zero-order valence-corrected chi connectivity index (χ0v) is 17.7.